The molecule has 0 bridgehead atoms. The summed E-state index contributed by atoms with van der Waals surface area (Å²) >= 11 is 0. The van der Waals surface area contributed by atoms with Crippen molar-refractivity contribution in [2.75, 3.05) is 6.79 Å². The highest BCUT2D eigenvalue weighted by Gasteiger charge is 2.26. The molecular weight excluding hydrogens is 204 g/mol. The second kappa shape index (κ2) is 3.89. The molecule has 0 atom stereocenters. The molecule has 1 aromatic rings. The Kier molecular flexibility index (Phi) is 2.70. The Morgan fingerprint density at radius 2 is 1.81 bits per heavy atom. The van der Waals surface area contributed by atoms with Gasteiger partial charge in [-0.05, 0) is 17.9 Å². The SMILES string of the molecule is CC(C)c1cc2c(c(C(C)C)c1O)OCO2. The summed E-state index contributed by atoms with van der Waals surface area (Å²) in [4.78, 5) is 0. The van der Waals surface area contributed by atoms with Crippen molar-refractivity contribution in [3.8, 4) is 17.2 Å². The molecule has 1 N–H and O–H groups in total. The smallest absolute Gasteiger partial charge is 0.231 e. The molecule has 88 valence electrons. The van der Waals surface area contributed by atoms with Gasteiger partial charge in [0.05, 0.1) is 0 Å². The predicted octanol–water partition coefficient (Wildman–Crippen LogP) is 3.37. The molecule has 0 spiro atoms. The Morgan fingerprint density at radius 1 is 1.12 bits per heavy atom. The summed E-state index contributed by atoms with van der Waals surface area (Å²) in [6, 6.07) is 1.88. The lowest BCUT2D eigenvalue weighted by atomic mass is 9.92. The van der Waals surface area contributed by atoms with E-state index in [4.69, 9.17) is 9.47 Å². The van der Waals surface area contributed by atoms with Crippen molar-refractivity contribution in [2.45, 2.75) is 39.5 Å². The fourth-order valence-corrected chi connectivity index (χ4v) is 2.05. The van der Waals surface area contributed by atoms with Crippen LogP contribution in [0.3, 0.4) is 0 Å². The number of benzene rings is 1. The molecule has 3 nitrogen and oxygen atoms in total. The summed E-state index contributed by atoms with van der Waals surface area (Å²) in [6.07, 6.45) is 0. The summed E-state index contributed by atoms with van der Waals surface area (Å²) < 4.78 is 10.8. The van der Waals surface area contributed by atoms with E-state index in [1.807, 2.05) is 19.9 Å². The van der Waals surface area contributed by atoms with E-state index in [0.29, 0.717) is 11.5 Å². The second-order valence-electron chi connectivity index (χ2n) is 4.77. The number of hydrogen-bond donors (Lipinski definition) is 1. The Balaban J connectivity index is 2.65. The molecule has 0 unspecified atom stereocenters. The first-order valence-electron chi connectivity index (χ1n) is 5.67. The maximum Gasteiger partial charge on any atom is 0.231 e. The number of fused-ring (bicyclic) bond motifs is 1. The summed E-state index contributed by atoms with van der Waals surface area (Å²) in [5.41, 5.74) is 1.78. The third kappa shape index (κ3) is 1.60. The fraction of sp³-hybridized carbons (Fsp3) is 0.538. The number of phenols is 1. The Morgan fingerprint density at radius 3 is 2.38 bits per heavy atom. The molecular formula is C13H18O3. The zero-order valence-electron chi connectivity index (χ0n) is 10.2. The van der Waals surface area contributed by atoms with E-state index in [0.717, 1.165) is 16.9 Å². The largest absolute Gasteiger partial charge is 0.507 e. The van der Waals surface area contributed by atoms with Crippen molar-refractivity contribution in [2.24, 2.45) is 0 Å². The first-order chi connectivity index (χ1) is 7.52. The quantitative estimate of drug-likeness (QED) is 0.833. The number of rotatable bonds is 2. The standard InChI is InChI=1S/C13H18O3/c1-7(2)9-5-10-13(16-6-15-10)11(8(3)4)12(9)14/h5,7-8,14H,6H2,1-4H3. The van der Waals surface area contributed by atoms with E-state index in [9.17, 15) is 5.11 Å². The van der Waals surface area contributed by atoms with Crippen molar-refractivity contribution < 1.29 is 14.6 Å². The van der Waals surface area contributed by atoms with Gasteiger partial charge in [-0.2, -0.15) is 0 Å². The molecule has 0 aliphatic carbocycles. The van der Waals surface area contributed by atoms with Gasteiger partial charge in [-0.1, -0.05) is 27.7 Å². The average Bonchev–Trinajstić information content (AvgIpc) is 2.62. The van der Waals surface area contributed by atoms with Crippen LogP contribution in [0.1, 0.15) is 50.7 Å². The van der Waals surface area contributed by atoms with Crippen LogP contribution in [0.15, 0.2) is 6.07 Å². The van der Waals surface area contributed by atoms with Gasteiger partial charge in [0, 0.05) is 11.1 Å². The highest BCUT2D eigenvalue weighted by atomic mass is 16.7. The van der Waals surface area contributed by atoms with Crippen molar-refractivity contribution in [1.29, 1.82) is 0 Å². The molecule has 0 radical (unpaired) electrons. The van der Waals surface area contributed by atoms with Gasteiger partial charge in [0.2, 0.25) is 6.79 Å². The lowest BCUT2D eigenvalue weighted by Gasteiger charge is -2.17. The summed E-state index contributed by atoms with van der Waals surface area (Å²) in [7, 11) is 0. The van der Waals surface area contributed by atoms with Gasteiger partial charge in [-0.15, -0.1) is 0 Å². The van der Waals surface area contributed by atoms with E-state index in [1.165, 1.54) is 0 Å². The van der Waals surface area contributed by atoms with Crippen LogP contribution in [0.4, 0.5) is 0 Å². The van der Waals surface area contributed by atoms with Crippen LogP contribution < -0.4 is 9.47 Å². The van der Waals surface area contributed by atoms with Gasteiger partial charge in [0.15, 0.2) is 11.5 Å². The van der Waals surface area contributed by atoms with Gasteiger partial charge in [0.25, 0.3) is 0 Å². The zero-order chi connectivity index (χ0) is 11.9. The van der Waals surface area contributed by atoms with E-state index in [1.54, 1.807) is 0 Å². The first kappa shape index (κ1) is 11.1. The van der Waals surface area contributed by atoms with Crippen molar-refractivity contribution in [3.63, 3.8) is 0 Å². The summed E-state index contributed by atoms with van der Waals surface area (Å²) in [5, 5.41) is 10.3. The van der Waals surface area contributed by atoms with Crippen LogP contribution >= 0.6 is 0 Å². The molecule has 0 amide bonds. The van der Waals surface area contributed by atoms with Gasteiger partial charge in [0.1, 0.15) is 5.75 Å². The molecule has 16 heavy (non-hydrogen) atoms. The third-order valence-corrected chi connectivity index (χ3v) is 2.90. The molecule has 1 heterocycles. The lowest BCUT2D eigenvalue weighted by Crippen LogP contribution is -1.97. The van der Waals surface area contributed by atoms with Crippen LogP contribution in [0.25, 0.3) is 0 Å². The van der Waals surface area contributed by atoms with Crippen LogP contribution in [0.2, 0.25) is 0 Å². The lowest BCUT2D eigenvalue weighted by molar-refractivity contribution is 0.173. The minimum absolute atomic E-state index is 0.217. The van der Waals surface area contributed by atoms with E-state index in [2.05, 4.69) is 13.8 Å². The Bertz CT molecular complexity index is 408. The van der Waals surface area contributed by atoms with Crippen molar-refractivity contribution >= 4 is 0 Å². The zero-order valence-corrected chi connectivity index (χ0v) is 10.2. The fourth-order valence-electron chi connectivity index (χ4n) is 2.05. The number of phenolic OH excluding ortho intramolecular Hbond substituents is 1. The molecule has 2 rings (SSSR count). The molecule has 1 aliphatic rings. The highest BCUT2D eigenvalue weighted by Crippen LogP contribution is 2.47. The number of aromatic hydroxyl groups is 1. The molecule has 0 fully saturated rings. The Labute approximate surface area is 96.0 Å². The minimum atomic E-state index is 0.217. The molecule has 1 aliphatic heterocycles. The number of ether oxygens (including phenoxy) is 2. The van der Waals surface area contributed by atoms with Gasteiger partial charge in [-0.25, -0.2) is 0 Å². The van der Waals surface area contributed by atoms with Crippen LogP contribution in [0.5, 0.6) is 17.2 Å². The summed E-state index contributed by atoms with van der Waals surface area (Å²) in [5.74, 6) is 2.30. The van der Waals surface area contributed by atoms with Crippen LogP contribution in [-0.4, -0.2) is 11.9 Å². The van der Waals surface area contributed by atoms with Gasteiger partial charge >= 0.3 is 0 Å². The average molecular weight is 222 g/mol. The monoisotopic (exact) mass is 222 g/mol. The Hall–Kier alpha value is -1.38. The molecule has 0 saturated heterocycles. The predicted molar refractivity (Wildman–Crippen MR) is 62.4 cm³/mol. The van der Waals surface area contributed by atoms with E-state index in [-0.39, 0.29) is 18.6 Å². The second-order valence-corrected chi connectivity index (χ2v) is 4.77. The minimum Gasteiger partial charge on any atom is -0.507 e. The number of hydrogen-bond acceptors (Lipinski definition) is 3. The molecule has 3 heteroatoms. The van der Waals surface area contributed by atoms with Crippen molar-refractivity contribution in [1.82, 2.24) is 0 Å². The first-order valence-corrected chi connectivity index (χ1v) is 5.67. The topological polar surface area (TPSA) is 38.7 Å². The van der Waals surface area contributed by atoms with Gasteiger partial charge in [-0.3, -0.25) is 0 Å². The maximum atomic E-state index is 10.3. The van der Waals surface area contributed by atoms with E-state index < -0.39 is 0 Å². The maximum absolute atomic E-state index is 10.3. The molecule has 0 aromatic heterocycles. The third-order valence-electron chi connectivity index (χ3n) is 2.90. The van der Waals surface area contributed by atoms with Crippen LogP contribution in [0, 0.1) is 0 Å². The molecule has 0 saturated carbocycles. The van der Waals surface area contributed by atoms with E-state index >= 15 is 0 Å². The normalized spacial score (nSPS) is 13.9. The summed E-state index contributed by atoms with van der Waals surface area (Å²) in [6.45, 7) is 8.45. The van der Waals surface area contributed by atoms with Crippen molar-refractivity contribution in [3.05, 3.63) is 17.2 Å². The van der Waals surface area contributed by atoms with Gasteiger partial charge < -0.3 is 14.6 Å². The molecule has 1 aromatic carbocycles. The highest BCUT2D eigenvalue weighted by molar-refractivity contribution is 5.60. The van der Waals surface area contributed by atoms with Crippen LogP contribution in [-0.2, 0) is 0 Å².